The van der Waals surface area contributed by atoms with E-state index in [-0.39, 0.29) is 5.91 Å². The summed E-state index contributed by atoms with van der Waals surface area (Å²) >= 11 is 0. The van der Waals surface area contributed by atoms with Crippen molar-refractivity contribution in [3.63, 3.8) is 0 Å². The minimum Gasteiger partial charge on any atom is -0.379 e. The van der Waals surface area contributed by atoms with Gasteiger partial charge in [-0.05, 0) is 0 Å². The fourth-order valence-corrected chi connectivity index (χ4v) is 0.841. The first-order chi connectivity index (χ1) is 7.31. The first-order valence-electron chi connectivity index (χ1n) is 5.17. The Morgan fingerprint density at radius 1 is 1.20 bits per heavy atom. The van der Waals surface area contributed by atoms with Crippen LogP contribution >= 0.6 is 0 Å². The minimum absolute atomic E-state index is 0.0285. The third-order valence-electron chi connectivity index (χ3n) is 1.64. The van der Waals surface area contributed by atoms with E-state index in [0.29, 0.717) is 45.8 Å². The second kappa shape index (κ2) is 11.1. The average Bonchev–Trinajstić information content (AvgIpc) is 2.26. The maximum absolute atomic E-state index is 10.8. The smallest absolute Gasteiger partial charge is 0.219 e. The Morgan fingerprint density at radius 2 is 1.87 bits per heavy atom. The van der Waals surface area contributed by atoms with E-state index in [1.165, 1.54) is 0 Å². The summed E-state index contributed by atoms with van der Waals surface area (Å²) in [7, 11) is 0. The molecular weight excluding hydrogens is 198 g/mol. The number of ether oxygens (including phenoxy) is 2. The van der Waals surface area contributed by atoms with Gasteiger partial charge >= 0.3 is 0 Å². The molecule has 88 valence electrons. The zero-order valence-electron chi connectivity index (χ0n) is 9.16. The monoisotopic (exact) mass is 217 g/mol. The van der Waals surface area contributed by atoms with E-state index in [1.807, 2.05) is 0 Å². The first kappa shape index (κ1) is 14.1. The lowest BCUT2D eigenvalue weighted by molar-refractivity contribution is -0.121. The molecule has 0 aromatic heterocycles. The molecule has 0 saturated carbocycles. The predicted molar refractivity (Wildman–Crippen MR) is 55.6 cm³/mol. The van der Waals surface area contributed by atoms with Crippen LogP contribution in [0, 0.1) is 0 Å². The number of carbonyl (C=O) groups excluding carboxylic acids is 2. The molecule has 5 nitrogen and oxygen atoms in total. The molecule has 5 heteroatoms. The van der Waals surface area contributed by atoms with Crippen molar-refractivity contribution < 1.29 is 19.1 Å². The SMILES string of the molecule is CCC(=O)NCCOCCOCCC=O. The van der Waals surface area contributed by atoms with Crippen molar-refractivity contribution in [3.8, 4) is 0 Å². The molecule has 0 heterocycles. The number of nitrogens with one attached hydrogen (secondary N) is 1. The van der Waals surface area contributed by atoms with E-state index in [0.717, 1.165) is 6.29 Å². The van der Waals surface area contributed by atoms with E-state index >= 15 is 0 Å². The predicted octanol–water partition coefficient (Wildman–Crippen LogP) is 0.135. The van der Waals surface area contributed by atoms with Gasteiger partial charge < -0.3 is 19.6 Å². The molecule has 0 bridgehead atoms. The van der Waals surface area contributed by atoms with Crippen LogP contribution in [0.3, 0.4) is 0 Å². The Kier molecular flexibility index (Phi) is 10.4. The van der Waals surface area contributed by atoms with Gasteiger partial charge in [0.15, 0.2) is 0 Å². The topological polar surface area (TPSA) is 64.6 Å². The molecule has 0 saturated heterocycles. The van der Waals surface area contributed by atoms with Crippen LogP contribution in [0.15, 0.2) is 0 Å². The molecule has 0 rings (SSSR count). The van der Waals surface area contributed by atoms with Gasteiger partial charge in [0.1, 0.15) is 6.29 Å². The van der Waals surface area contributed by atoms with Crippen molar-refractivity contribution in [2.45, 2.75) is 19.8 Å². The van der Waals surface area contributed by atoms with Gasteiger partial charge in [0, 0.05) is 19.4 Å². The molecule has 1 amide bonds. The lowest BCUT2D eigenvalue weighted by Gasteiger charge is -2.05. The van der Waals surface area contributed by atoms with Gasteiger partial charge in [-0.25, -0.2) is 0 Å². The Hall–Kier alpha value is -0.940. The third kappa shape index (κ3) is 11.0. The van der Waals surface area contributed by atoms with Crippen LogP contribution in [-0.2, 0) is 19.1 Å². The van der Waals surface area contributed by atoms with Crippen LogP contribution in [0.25, 0.3) is 0 Å². The summed E-state index contributed by atoms with van der Waals surface area (Å²) in [6, 6.07) is 0. The highest BCUT2D eigenvalue weighted by Gasteiger charge is 1.94. The van der Waals surface area contributed by atoms with Gasteiger partial charge in [0.25, 0.3) is 0 Å². The van der Waals surface area contributed by atoms with Crippen LogP contribution in [-0.4, -0.2) is 45.2 Å². The molecule has 0 spiro atoms. The van der Waals surface area contributed by atoms with E-state index in [4.69, 9.17) is 9.47 Å². The minimum atomic E-state index is 0.0285. The highest BCUT2D eigenvalue weighted by Crippen LogP contribution is 1.81. The highest BCUT2D eigenvalue weighted by atomic mass is 16.5. The zero-order chi connectivity index (χ0) is 11.4. The Bertz CT molecular complexity index is 173. The second-order valence-corrected chi connectivity index (χ2v) is 2.88. The van der Waals surface area contributed by atoms with E-state index in [2.05, 4.69) is 5.32 Å². The summed E-state index contributed by atoms with van der Waals surface area (Å²) in [6.45, 7) is 4.23. The van der Waals surface area contributed by atoms with Crippen LogP contribution in [0.1, 0.15) is 19.8 Å². The molecule has 0 aliphatic heterocycles. The number of hydrogen-bond donors (Lipinski definition) is 1. The van der Waals surface area contributed by atoms with Gasteiger partial charge in [-0.1, -0.05) is 6.92 Å². The van der Waals surface area contributed by atoms with Crippen LogP contribution < -0.4 is 5.32 Å². The number of rotatable bonds is 10. The zero-order valence-corrected chi connectivity index (χ0v) is 9.16. The standard InChI is InChI=1S/C10H19NO4/c1-2-10(13)11-4-7-15-9-8-14-6-3-5-12/h5H,2-4,6-9H2,1H3,(H,11,13). The molecule has 0 aromatic rings. The molecule has 0 aliphatic carbocycles. The highest BCUT2D eigenvalue weighted by molar-refractivity contribution is 5.75. The molecule has 0 atom stereocenters. The summed E-state index contributed by atoms with van der Waals surface area (Å²) in [6.07, 6.45) is 1.74. The van der Waals surface area contributed by atoms with Crippen molar-refractivity contribution >= 4 is 12.2 Å². The van der Waals surface area contributed by atoms with Gasteiger partial charge in [-0.3, -0.25) is 4.79 Å². The average molecular weight is 217 g/mol. The molecule has 0 aliphatic rings. The number of aldehydes is 1. The van der Waals surface area contributed by atoms with Crippen LogP contribution in [0.2, 0.25) is 0 Å². The lowest BCUT2D eigenvalue weighted by Crippen LogP contribution is -2.26. The lowest BCUT2D eigenvalue weighted by atomic mass is 10.4. The van der Waals surface area contributed by atoms with E-state index < -0.39 is 0 Å². The number of amides is 1. The van der Waals surface area contributed by atoms with Crippen molar-refractivity contribution in [2.75, 3.05) is 33.0 Å². The van der Waals surface area contributed by atoms with Gasteiger partial charge in [-0.2, -0.15) is 0 Å². The van der Waals surface area contributed by atoms with Gasteiger partial charge in [0.2, 0.25) is 5.91 Å². The number of carbonyl (C=O) groups is 2. The van der Waals surface area contributed by atoms with Crippen molar-refractivity contribution in [2.24, 2.45) is 0 Å². The molecule has 0 unspecified atom stereocenters. The Balaban J connectivity index is 2.98. The fraction of sp³-hybridized carbons (Fsp3) is 0.800. The molecule has 1 N–H and O–H groups in total. The largest absolute Gasteiger partial charge is 0.379 e. The summed E-state index contributed by atoms with van der Waals surface area (Å²) in [4.78, 5) is 20.7. The van der Waals surface area contributed by atoms with Crippen molar-refractivity contribution in [3.05, 3.63) is 0 Å². The summed E-state index contributed by atoms with van der Waals surface area (Å²) in [5.41, 5.74) is 0. The third-order valence-corrected chi connectivity index (χ3v) is 1.64. The van der Waals surface area contributed by atoms with Crippen molar-refractivity contribution in [1.29, 1.82) is 0 Å². The molecule has 0 fully saturated rings. The normalized spacial score (nSPS) is 9.93. The van der Waals surface area contributed by atoms with Crippen molar-refractivity contribution in [1.82, 2.24) is 5.32 Å². The number of hydrogen-bond acceptors (Lipinski definition) is 4. The maximum Gasteiger partial charge on any atom is 0.219 e. The van der Waals surface area contributed by atoms with Gasteiger partial charge in [-0.15, -0.1) is 0 Å². The van der Waals surface area contributed by atoms with Crippen LogP contribution in [0.5, 0.6) is 0 Å². The maximum atomic E-state index is 10.8. The molecular formula is C10H19NO4. The quantitative estimate of drug-likeness (QED) is 0.417. The van der Waals surface area contributed by atoms with Crippen LogP contribution in [0.4, 0.5) is 0 Å². The Morgan fingerprint density at radius 3 is 2.47 bits per heavy atom. The fourth-order valence-electron chi connectivity index (χ4n) is 0.841. The van der Waals surface area contributed by atoms with Gasteiger partial charge in [0.05, 0.1) is 26.4 Å². The molecule has 15 heavy (non-hydrogen) atoms. The summed E-state index contributed by atoms with van der Waals surface area (Å²) < 4.78 is 10.3. The van der Waals surface area contributed by atoms with E-state index in [1.54, 1.807) is 6.92 Å². The summed E-state index contributed by atoms with van der Waals surface area (Å²) in [5, 5.41) is 2.69. The summed E-state index contributed by atoms with van der Waals surface area (Å²) in [5.74, 6) is 0.0285. The molecule has 0 radical (unpaired) electrons. The van der Waals surface area contributed by atoms with E-state index in [9.17, 15) is 9.59 Å². The Labute approximate surface area is 90.1 Å². The molecule has 0 aromatic carbocycles. The second-order valence-electron chi connectivity index (χ2n) is 2.88. The first-order valence-corrected chi connectivity index (χ1v) is 5.17.